The maximum atomic E-state index is 12.3. The summed E-state index contributed by atoms with van der Waals surface area (Å²) in [5.41, 5.74) is 6.00. The topological polar surface area (TPSA) is 61.5 Å². The fourth-order valence-corrected chi connectivity index (χ4v) is 2.29. The summed E-state index contributed by atoms with van der Waals surface area (Å²) in [4.78, 5) is 12.3. The van der Waals surface area contributed by atoms with Gasteiger partial charge in [0.1, 0.15) is 11.9 Å². The first-order valence-electron chi connectivity index (χ1n) is 5.89. The van der Waals surface area contributed by atoms with Crippen LogP contribution < -0.4 is 10.5 Å². The minimum absolute atomic E-state index is 0.0240. The number of benzene rings is 1. The molecule has 2 unspecified atom stereocenters. The van der Waals surface area contributed by atoms with Gasteiger partial charge in [-0.15, -0.1) is 0 Å². The van der Waals surface area contributed by atoms with Gasteiger partial charge < -0.3 is 15.2 Å². The molecule has 0 radical (unpaired) electrons. The van der Waals surface area contributed by atoms with Gasteiger partial charge in [0.25, 0.3) is 0 Å². The summed E-state index contributed by atoms with van der Waals surface area (Å²) in [5.74, 6) is 0.425. The molecule has 1 heterocycles. The molecule has 1 aromatic carbocycles. The number of Topliss-reactive ketones (excluding diaryl/α,β-unsaturated/α-hetero) is 1. The van der Waals surface area contributed by atoms with E-state index in [0.29, 0.717) is 29.3 Å². The predicted octanol–water partition coefficient (Wildman–Crippen LogP) is 2.04. The smallest absolute Gasteiger partial charge is 0.195 e. The third kappa shape index (κ3) is 2.66. The third-order valence-corrected chi connectivity index (χ3v) is 3.32. The van der Waals surface area contributed by atoms with Gasteiger partial charge >= 0.3 is 0 Å². The first kappa shape index (κ1) is 13.3. The fraction of sp³-hybridized carbons (Fsp3) is 0.462. The molecular weight excluding hydrogens is 254 g/mol. The Morgan fingerprint density at radius 2 is 2.33 bits per heavy atom. The van der Waals surface area contributed by atoms with E-state index in [4.69, 9.17) is 26.8 Å². The van der Waals surface area contributed by atoms with E-state index < -0.39 is 6.10 Å². The first-order chi connectivity index (χ1) is 8.65. The van der Waals surface area contributed by atoms with Gasteiger partial charge in [0.05, 0.1) is 18.8 Å². The Morgan fingerprint density at radius 1 is 1.56 bits per heavy atom. The third-order valence-electron chi connectivity index (χ3n) is 3.09. The Labute approximate surface area is 111 Å². The molecule has 5 heteroatoms. The second kappa shape index (κ2) is 5.69. The lowest BCUT2D eigenvalue weighted by atomic mass is 10.0. The zero-order chi connectivity index (χ0) is 13.1. The van der Waals surface area contributed by atoms with Crippen molar-refractivity contribution in [2.24, 2.45) is 5.73 Å². The maximum absolute atomic E-state index is 12.3. The number of carbonyl (C=O) groups excluding carboxylic acids is 1. The highest BCUT2D eigenvalue weighted by Gasteiger charge is 2.31. The van der Waals surface area contributed by atoms with E-state index in [-0.39, 0.29) is 11.9 Å². The molecule has 0 bridgehead atoms. The molecule has 0 aliphatic carbocycles. The van der Waals surface area contributed by atoms with E-state index in [2.05, 4.69) is 0 Å². The van der Waals surface area contributed by atoms with Crippen molar-refractivity contribution in [2.45, 2.75) is 25.0 Å². The summed E-state index contributed by atoms with van der Waals surface area (Å²) in [7, 11) is 1.53. The van der Waals surface area contributed by atoms with Gasteiger partial charge in [-0.1, -0.05) is 11.6 Å². The number of rotatable bonds is 4. The van der Waals surface area contributed by atoms with Gasteiger partial charge in [0.15, 0.2) is 5.78 Å². The van der Waals surface area contributed by atoms with Crippen LogP contribution in [0, 0.1) is 0 Å². The van der Waals surface area contributed by atoms with Crippen LogP contribution in [-0.4, -0.2) is 31.6 Å². The molecule has 2 rings (SSSR count). The summed E-state index contributed by atoms with van der Waals surface area (Å²) in [5, 5.41) is 0.507. The molecule has 1 aliphatic rings. The van der Waals surface area contributed by atoms with Gasteiger partial charge in [-0.05, 0) is 31.0 Å². The maximum Gasteiger partial charge on any atom is 0.195 e. The van der Waals surface area contributed by atoms with Crippen molar-refractivity contribution in [2.75, 3.05) is 13.7 Å². The average molecular weight is 270 g/mol. The van der Waals surface area contributed by atoms with Crippen molar-refractivity contribution < 1.29 is 14.3 Å². The Bertz CT molecular complexity index is 450. The normalized spacial score (nSPS) is 23.1. The fourth-order valence-electron chi connectivity index (χ4n) is 2.12. The predicted molar refractivity (Wildman–Crippen MR) is 69.3 cm³/mol. The summed E-state index contributed by atoms with van der Waals surface area (Å²) >= 11 is 5.91. The van der Waals surface area contributed by atoms with Gasteiger partial charge in [0, 0.05) is 11.6 Å². The van der Waals surface area contributed by atoms with Crippen molar-refractivity contribution >= 4 is 17.4 Å². The van der Waals surface area contributed by atoms with Crippen LogP contribution >= 0.6 is 11.6 Å². The molecule has 2 N–H and O–H groups in total. The zero-order valence-corrected chi connectivity index (χ0v) is 10.9. The highest BCUT2D eigenvalue weighted by Crippen LogP contribution is 2.28. The van der Waals surface area contributed by atoms with Crippen LogP contribution in [0.2, 0.25) is 5.02 Å². The standard InChI is InChI=1S/C13H16ClNO3/c1-17-11-4-2-8(14)6-10(11)13(16)12-5-3-9(7-15)18-12/h2,4,6,9,12H,3,5,7,15H2,1H3. The molecule has 0 saturated carbocycles. The van der Waals surface area contributed by atoms with Crippen LogP contribution in [0.3, 0.4) is 0 Å². The summed E-state index contributed by atoms with van der Waals surface area (Å²) < 4.78 is 10.8. The zero-order valence-electron chi connectivity index (χ0n) is 10.2. The molecule has 4 nitrogen and oxygen atoms in total. The molecule has 0 spiro atoms. The van der Waals surface area contributed by atoms with Crippen LogP contribution in [0.4, 0.5) is 0 Å². The number of ketones is 1. The highest BCUT2D eigenvalue weighted by molar-refractivity contribution is 6.31. The van der Waals surface area contributed by atoms with Crippen LogP contribution in [0.5, 0.6) is 5.75 Å². The second-order valence-electron chi connectivity index (χ2n) is 4.27. The minimum Gasteiger partial charge on any atom is -0.496 e. The highest BCUT2D eigenvalue weighted by atomic mass is 35.5. The van der Waals surface area contributed by atoms with E-state index in [1.807, 2.05) is 0 Å². The molecular formula is C13H16ClNO3. The molecule has 1 aliphatic heterocycles. The van der Waals surface area contributed by atoms with Gasteiger partial charge in [-0.25, -0.2) is 0 Å². The van der Waals surface area contributed by atoms with Crippen molar-refractivity contribution in [3.63, 3.8) is 0 Å². The lowest BCUT2D eigenvalue weighted by Gasteiger charge is -2.13. The number of hydrogen-bond donors (Lipinski definition) is 1. The van der Waals surface area contributed by atoms with Crippen LogP contribution in [0.25, 0.3) is 0 Å². The molecule has 18 heavy (non-hydrogen) atoms. The lowest BCUT2D eigenvalue weighted by molar-refractivity contribution is 0.0402. The molecule has 1 saturated heterocycles. The summed E-state index contributed by atoms with van der Waals surface area (Å²) in [6, 6.07) is 4.99. The largest absolute Gasteiger partial charge is 0.496 e. The SMILES string of the molecule is COc1ccc(Cl)cc1C(=O)C1CCC(CN)O1. The van der Waals surface area contributed by atoms with Crippen LogP contribution in [-0.2, 0) is 4.74 Å². The lowest BCUT2D eigenvalue weighted by Crippen LogP contribution is -2.25. The Kier molecular flexibility index (Phi) is 4.22. The van der Waals surface area contributed by atoms with Crippen molar-refractivity contribution in [1.29, 1.82) is 0 Å². The quantitative estimate of drug-likeness (QED) is 0.850. The van der Waals surface area contributed by atoms with Crippen molar-refractivity contribution in [3.05, 3.63) is 28.8 Å². The van der Waals surface area contributed by atoms with E-state index in [0.717, 1.165) is 6.42 Å². The Morgan fingerprint density at radius 3 is 2.94 bits per heavy atom. The van der Waals surface area contributed by atoms with Crippen molar-refractivity contribution in [3.8, 4) is 5.75 Å². The number of methoxy groups -OCH3 is 1. The van der Waals surface area contributed by atoms with Gasteiger partial charge in [0.2, 0.25) is 0 Å². The van der Waals surface area contributed by atoms with Crippen LogP contribution in [0.1, 0.15) is 23.2 Å². The monoisotopic (exact) mass is 269 g/mol. The van der Waals surface area contributed by atoms with E-state index in [1.54, 1.807) is 18.2 Å². The van der Waals surface area contributed by atoms with Crippen molar-refractivity contribution in [1.82, 2.24) is 0 Å². The second-order valence-corrected chi connectivity index (χ2v) is 4.71. The molecule has 0 amide bonds. The first-order valence-corrected chi connectivity index (χ1v) is 6.26. The summed E-state index contributed by atoms with van der Waals surface area (Å²) in [6.07, 6.45) is 1.04. The Hall–Kier alpha value is -1.10. The number of hydrogen-bond acceptors (Lipinski definition) is 4. The van der Waals surface area contributed by atoms with Gasteiger partial charge in [-0.3, -0.25) is 4.79 Å². The average Bonchev–Trinajstić information content (AvgIpc) is 2.86. The van der Waals surface area contributed by atoms with E-state index in [1.165, 1.54) is 7.11 Å². The number of carbonyl (C=O) groups is 1. The molecule has 0 aromatic heterocycles. The number of halogens is 1. The molecule has 2 atom stereocenters. The van der Waals surface area contributed by atoms with E-state index >= 15 is 0 Å². The van der Waals surface area contributed by atoms with Gasteiger partial charge in [-0.2, -0.15) is 0 Å². The Balaban J connectivity index is 2.21. The molecule has 1 fully saturated rings. The molecule has 1 aromatic rings. The van der Waals surface area contributed by atoms with E-state index in [9.17, 15) is 4.79 Å². The number of ether oxygens (including phenoxy) is 2. The summed E-state index contributed by atoms with van der Waals surface area (Å²) in [6.45, 7) is 0.441. The molecule has 98 valence electrons. The minimum atomic E-state index is -0.439. The number of nitrogens with two attached hydrogens (primary N) is 1. The van der Waals surface area contributed by atoms with Crippen LogP contribution in [0.15, 0.2) is 18.2 Å².